The molecule has 5 heteroatoms. The highest BCUT2D eigenvalue weighted by atomic mass is 35.5. The number of hydrogen-bond donors (Lipinski definition) is 2. The molecule has 0 spiro atoms. The van der Waals surface area contributed by atoms with Crippen LogP contribution < -0.4 is 5.32 Å². The van der Waals surface area contributed by atoms with Crippen molar-refractivity contribution in [3.05, 3.63) is 29.3 Å². The summed E-state index contributed by atoms with van der Waals surface area (Å²) in [7, 11) is 0. The van der Waals surface area contributed by atoms with Crippen molar-refractivity contribution in [2.75, 3.05) is 25.0 Å². The van der Waals surface area contributed by atoms with Crippen molar-refractivity contribution >= 4 is 23.3 Å². The molecule has 0 radical (unpaired) electrons. The Balaban J connectivity index is 1.92. The summed E-state index contributed by atoms with van der Waals surface area (Å²) in [4.78, 5) is 14.0. The lowest BCUT2D eigenvalue weighted by Gasteiger charge is -2.40. The fourth-order valence-electron chi connectivity index (χ4n) is 2.58. The van der Waals surface area contributed by atoms with E-state index in [1.807, 2.05) is 12.1 Å². The van der Waals surface area contributed by atoms with Gasteiger partial charge in [0.2, 0.25) is 0 Å². The molecule has 1 fully saturated rings. The van der Waals surface area contributed by atoms with Crippen molar-refractivity contribution in [1.29, 1.82) is 0 Å². The van der Waals surface area contributed by atoms with Gasteiger partial charge in [0.1, 0.15) is 0 Å². The van der Waals surface area contributed by atoms with Crippen LogP contribution >= 0.6 is 11.6 Å². The molecule has 1 aromatic carbocycles. The normalized spacial score (nSPS) is 17.9. The molecular formula is C15H21ClN2O2. The molecule has 2 N–H and O–H groups in total. The Morgan fingerprint density at radius 2 is 2.15 bits per heavy atom. The van der Waals surface area contributed by atoms with E-state index in [-0.39, 0.29) is 18.1 Å². The predicted molar refractivity (Wildman–Crippen MR) is 81.1 cm³/mol. The summed E-state index contributed by atoms with van der Waals surface area (Å²) in [6.45, 7) is 3.66. The number of halogens is 1. The maximum absolute atomic E-state index is 12.2. The second kappa shape index (κ2) is 6.46. The van der Waals surface area contributed by atoms with Crippen LogP contribution in [0.4, 0.5) is 10.5 Å². The third-order valence-electron chi connectivity index (χ3n) is 4.27. The van der Waals surface area contributed by atoms with Crippen LogP contribution in [0.5, 0.6) is 0 Å². The van der Waals surface area contributed by atoms with Gasteiger partial charge in [-0.05, 0) is 42.9 Å². The van der Waals surface area contributed by atoms with Gasteiger partial charge in [-0.1, -0.05) is 24.6 Å². The summed E-state index contributed by atoms with van der Waals surface area (Å²) < 4.78 is 0. The van der Waals surface area contributed by atoms with Crippen molar-refractivity contribution in [2.45, 2.75) is 26.2 Å². The number of amides is 2. The highest BCUT2D eigenvalue weighted by Crippen LogP contribution is 2.34. The fourth-order valence-corrected chi connectivity index (χ4v) is 2.77. The van der Waals surface area contributed by atoms with Gasteiger partial charge in [0.25, 0.3) is 0 Å². The number of carbonyl (C=O) groups is 1. The molecule has 0 atom stereocenters. The number of anilines is 1. The third kappa shape index (κ3) is 3.44. The zero-order valence-electron chi connectivity index (χ0n) is 11.7. The average Bonchev–Trinajstić information content (AvgIpc) is 2.47. The van der Waals surface area contributed by atoms with Gasteiger partial charge in [0.15, 0.2) is 0 Å². The third-order valence-corrected chi connectivity index (χ3v) is 4.51. The van der Waals surface area contributed by atoms with Crippen molar-refractivity contribution in [2.24, 2.45) is 5.41 Å². The fraction of sp³-hybridized carbons (Fsp3) is 0.533. The Morgan fingerprint density at radius 1 is 1.45 bits per heavy atom. The van der Waals surface area contributed by atoms with Gasteiger partial charge < -0.3 is 15.3 Å². The maximum atomic E-state index is 12.2. The van der Waals surface area contributed by atoms with E-state index < -0.39 is 0 Å². The topological polar surface area (TPSA) is 52.6 Å². The summed E-state index contributed by atoms with van der Waals surface area (Å²) in [6, 6.07) is 7.03. The van der Waals surface area contributed by atoms with Crippen molar-refractivity contribution < 1.29 is 9.90 Å². The highest BCUT2D eigenvalue weighted by molar-refractivity contribution is 6.30. The summed E-state index contributed by atoms with van der Waals surface area (Å²) in [5, 5.41) is 13.0. The molecule has 1 aliphatic rings. The van der Waals surface area contributed by atoms with E-state index in [0.717, 1.165) is 19.3 Å². The first-order valence-electron chi connectivity index (χ1n) is 7.01. The second-order valence-electron chi connectivity index (χ2n) is 5.44. The van der Waals surface area contributed by atoms with E-state index in [1.165, 1.54) is 0 Å². The number of aliphatic hydroxyl groups excluding tert-OH is 1. The van der Waals surface area contributed by atoms with Crippen LogP contribution in [0.2, 0.25) is 5.02 Å². The van der Waals surface area contributed by atoms with Gasteiger partial charge in [0, 0.05) is 30.4 Å². The number of piperidine rings is 1. The molecule has 2 amide bonds. The van der Waals surface area contributed by atoms with Gasteiger partial charge >= 0.3 is 6.03 Å². The Hall–Kier alpha value is -1.26. The van der Waals surface area contributed by atoms with Crippen LogP contribution in [0.3, 0.4) is 0 Å². The van der Waals surface area contributed by atoms with E-state index >= 15 is 0 Å². The highest BCUT2D eigenvalue weighted by Gasteiger charge is 2.33. The molecule has 0 aliphatic carbocycles. The molecule has 0 bridgehead atoms. The lowest BCUT2D eigenvalue weighted by Crippen LogP contribution is -2.46. The average molecular weight is 297 g/mol. The van der Waals surface area contributed by atoms with Crippen molar-refractivity contribution in [3.8, 4) is 0 Å². The standard InChI is InChI=1S/C15H21ClN2O2/c1-2-15(11-19)6-8-18(9-7-15)14(20)17-13-5-3-4-12(16)10-13/h3-5,10,19H,2,6-9,11H2,1H3,(H,17,20). The number of urea groups is 1. The van der Waals surface area contributed by atoms with E-state index in [4.69, 9.17) is 11.6 Å². The number of aliphatic hydroxyl groups is 1. The molecule has 0 unspecified atom stereocenters. The molecule has 2 rings (SSSR count). The molecule has 4 nitrogen and oxygen atoms in total. The molecule has 0 aromatic heterocycles. The first-order valence-corrected chi connectivity index (χ1v) is 7.39. The Morgan fingerprint density at radius 3 is 2.70 bits per heavy atom. The summed E-state index contributed by atoms with van der Waals surface area (Å²) in [5.41, 5.74) is 0.698. The molecule has 20 heavy (non-hydrogen) atoms. The van der Waals surface area contributed by atoms with Crippen molar-refractivity contribution in [3.63, 3.8) is 0 Å². The van der Waals surface area contributed by atoms with E-state index in [2.05, 4.69) is 12.2 Å². The Kier molecular flexibility index (Phi) is 4.89. The zero-order chi connectivity index (χ0) is 14.6. The molecule has 1 heterocycles. The number of benzene rings is 1. The molecule has 1 aromatic rings. The first kappa shape index (κ1) is 15.1. The van der Waals surface area contributed by atoms with Crippen LogP contribution in [0, 0.1) is 5.41 Å². The second-order valence-corrected chi connectivity index (χ2v) is 5.88. The maximum Gasteiger partial charge on any atom is 0.321 e. The minimum Gasteiger partial charge on any atom is -0.396 e. The van der Waals surface area contributed by atoms with Crippen LogP contribution in [0.15, 0.2) is 24.3 Å². The van der Waals surface area contributed by atoms with Gasteiger partial charge in [-0.2, -0.15) is 0 Å². The Labute approximate surface area is 124 Å². The van der Waals surface area contributed by atoms with Gasteiger partial charge in [-0.15, -0.1) is 0 Å². The Bertz CT molecular complexity index is 465. The number of rotatable bonds is 3. The quantitative estimate of drug-likeness (QED) is 0.898. The minimum absolute atomic E-state index is 0.00711. The molecule has 110 valence electrons. The number of nitrogens with zero attached hydrogens (tertiary/aromatic N) is 1. The molecule has 0 saturated carbocycles. The van der Waals surface area contributed by atoms with E-state index in [9.17, 15) is 9.90 Å². The van der Waals surface area contributed by atoms with Gasteiger partial charge in [-0.3, -0.25) is 0 Å². The predicted octanol–water partition coefficient (Wildman–Crippen LogP) is 3.36. The lowest BCUT2D eigenvalue weighted by molar-refractivity contribution is 0.0542. The smallest absolute Gasteiger partial charge is 0.321 e. The SMILES string of the molecule is CCC1(CO)CCN(C(=O)Nc2cccc(Cl)c2)CC1. The number of carbonyl (C=O) groups excluding carboxylic acids is 1. The monoisotopic (exact) mass is 296 g/mol. The van der Waals surface area contributed by atoms with Gasteiger partial charge in [0.05, 0.1) is 0 Å². The van der Waals surface area contributed by atoms with Crippen molar-refractivity contribution in [1.82, 2.24) is 4.90 Å². The molecule has 1 saturated heterocycles. The summed E-state index contributed by atoms with van der Waals surface area (Å²) in [5.74, 6) is 0. The summed E-state index contributed by atoms with van der Waals surface area (Å²) >= 11 is 5.90. The lowest BCUT2D eigenvalue weighted by atomic mass is 9.77. The van der Waals surface area contributed by atoms with Crippen LogP contribution in [0.25, 0.3) is 0 Å². The molecule has 1 aliphatic heterocycles. The van der Waals surface area contributed by atoms with Crippen LogP contribution in [-0.4, -0.2) is 35.7 Å². The summed E-state index contributed by atoms with van der Waals surface area (Å²) in [6.07, 6.45) is 2.65. The largest absolute Gasteiger partial charge is 0.396 e. The minimum atomic E-state index is -0.102. The number of nitrogens with one attached hydrogen (secondary N) is 1. The zero-order valence-corrected chi connectivity index (χ0v) is 12.5. The van der Waals surface area contributed by atoms with Gasteiger partial charge in [-0.25, -0.2) is 4.79 Å². The van der Waals surface area contributed by atoms with Crippen LogP contribution in [0.1, 0.15) is 26.2 Å². The van der Waals surface area contributed by atoms with E-state index in [1.54, 1.807) is 17.0 Å². The van der Waals surface area contributed by atoms with Crippen LogP contribution in [-0.2, 0) is 0 Å². The molecular weight excluding hydrogens is 276 g/mol. The number of hydrogen-bond acceptors (Lipinski definition) is 2. The number of likely N-dealkylation sites (tertiary alicyclic amines) is 1. The van der Waals surface area contributed by atoms with E-state index in [0.29, 0.717) is 23.8 Å². The first-order chi connectivity index (χ1) is 9.58.